The van der Waals surface area contributed by atoms with Crippen molar-refractivity contribution < 1.29 is 32.2 Å². The third kappa shape index (κ3) is 7.59. The number of carbonyl (C=O) groups is 1. The fourth-order valence-corrected chi connectivity index (χ4v) is 4.41. The zero-order valence-corrected chi connectivity index (χ0v) is 20.9. The molecule has 0 fully saturated rings. The van der Waals surface area contributed by atoms with Gasteiger partial charge in [0.1, 0.15) is 16.4 Å². The summed E-state index contributed by atoms with van der Waals surface area (Å²) < 4.78 is 53.1. The fraction of sp³-hybridized carbons (Fsp3) is 0.458. The quantitative estimate of drug-likeness (QED) is 0.397. The van der Waals surface area contributed by atoms with E-state index in [9.17, 15) is 22.7 Å². The van der Waals surface area contributed by atoms with Crippen LogP contribution < -0.4 is 19.5 Å². The predicted octanol–water partition coefficient (Wildman–Crippen LogP) is 4.56. The van der Waals surface area contributed by atoms with E-state index in [1.807, 2.05) is 13.8 Å². The van der Waals surface area contributed by atoms with E-state index in [0.717, 1.165) is 6.42 Å². The molecule has 1 amide bonds. The molecule has 188 valence electrons. The Balaban J connectivity index is 2.30. The summed E-state index contributed by atoms with van der Waals surface area (Å²) in [5.74, 6) is -2.69. The molecular weight excluding hydrogens is 463 g/mol. The summed E-state index contributed by atoms with van der Waals surface area (Å²) in [4.78, 5) is 12.5. The summed E-state index contributed by atoms with van der Waals surface area (Å²) in [6.07, 6.45) is 0.723. The normalized spacial score (nSPS) is 13.6. The Morgan fingerprint density at radius 2 is 1.85 bits per heavy atom. The Kier molecular flexibility index (Phi) is 9.29. The lowest BCUT2D eigenvalue weighted by Gasteiger charge is -2.20. The summed E-state index contributed by atoms with van der Waals surface area (Å²) in [6, 6.07) is 10.1. The van der Waals surface area contributed by atoms with Crippen molar-refractivity contribution >= 4 is 27.3 Å². The average Bonchev–Trinajstić information content (AvgIpc) is 2.73. The number of hydrogen-bond donors (Lipinski definition) is 3. The van der Waals surface area contributed by atoms with Crippen LogP contribution in [0.5, 0.6) is 11.5 Å². The lowest BCUT2D eigenvalue weighted by molar-refractivity contribution is -0.122. The van der Waals surface area contributed by atoms with E-state index < -0.39 is 21.8 Å². The van der Waals surface area contributed by atoms with Crippen LogP contribution in [-0.2, 0) is 14.8 Å². The van der Waals surface area contributed by atoms with Gasteiger partial charge in [-0.2, -0.15) is 4.39 Å². The van der Waals surface area contributed by atoms with Gasteiger partial charge < -0.3 is 19.9 Å². The van der Waals surface area contributed by atoms with Crippen molar-refractivity contribution in [3.63, 3.8) is 0 Å². The second-order valence-electron chi connectivity index (χ2n) is 8.36. The molecule has 0 spiro atoms. The number of nitrogens with one attached hydrogen (secondary N) is 2. The SMILES string of the molecule is CCOc1cc(NC(=O)[C@@H](CO)C(C)CC)ccc1S(=O)(=O)Nc1cccc(OC(C)(C)F)c1. The van der Waals surface area contributed by atoms with Gasteiger partial charge in [-0.05, 0) is 37.1 Å². The molecule has 0 aromatic heterocycles. The number of rotatable bonds is 12. The largest absolute Gasteiger partial charge is 0.492 e. The number of alkyl halides is 1. The van der Waals surface area contributed by atoms with Crippen molar-refractivity contribution in [2.45, 2.75) is 51.8 Å². The molecular formula is C24H33FN2O6S. The molecule has 0 aliphatic carbocycles. The third-order valence-electron chi connectivity index (χ3n) is 5.11. The van der Waals surface area contributed by atoms with E-state index in [-0.39, 0.29) is 47.1 Å². The van der Waals surface area contributed by atoms with E-state index in [2.05, 4.69) is 10.0 Å². The highest BCUT2D eigenvalue weighted by atomic mass is 32.2. The summed E-state index contributed by atoms with van der Waals surface area (Å²) in [6.45, 7) is 7.90. The van der Waals surface area contributed by atoms with Gasteiger partial charge in [0.15, 0.2) is 0 Å². The Morgan fingerprint density at radius 1 is 1.15 bits per heavy atom. The fourth-order valence-electron chi connectivity index (χ4n) is 3.23. The van der Waals surface area contributed by atoms with Crippen molar-refractivity contribution in [2.24, 2.45) is 11.8 Å². The molecule has 0 bridgehead atoms. The van der Waals surface area contributed by atoms with Crippen molar-refractivity contribution in [2.75, 3.05) is 23.3 Å². The Labute approximate surface area is 200 Å². The zero-order valence-electron chi connectivity index (χ0n) is 20.1. The number of benzene rings is 2. The maximum Gasteiger partial charge on any atom is 0.265 e. The van der Waals surface area contributed by atoms with Gasteiger partial charge >= 0.3 is 0 Å². The highest BCUT2D eigenvalue weighted by molar-refractivity contribution is 7.92. The monoisotopic (exact) mass is 496 g/mol. The van der Waals surface area contributed by atoms with Crippen molar-refractivity contribution in [3.05, 3.63) is 42.5 Å². The van der Waals surface area contributed by atoms with Gasteiger partial charge in [-0.25, -0.2) is 8.42 Å². The average molecular weight is 497 g/mol. The molecule has 8 nitrogen and oxygen atoms in total. The number of aliphatic hydroxyl groups is 1. The van der Waals surface area contributed by atoms with Crippen molar-refractivity contribution in [1.29, 1.82) is 0 Å². The first-order valence-corrected chi connectivity index (χ1v) is 12.6. The van der Waals surface area contributed by atoms with Gasteiger partial charge in [0.05, 0.1) is 24.8 Å². The number of carbonyl (C=O) groups excluding carboxylic acids is 1. The Morgan fingerprint density at radius 3 is 2.44 bits per heavy atom. The summed E-state index contributed by atoms with van der Waals surface area (Å²) in [7, 11) is -4.09. The van der Waals surface area contributed by atoms with Crippen LogP contribution >= 0.6 is 0 Å². The first kappa shape index (κ1) is 27.4. The lowest BCUT2D eigenvalue weighted by Crippen LogP contribution is -2.30. The van der Waals surface area contributed by atoms with Crippen LogP contribution in [-0.4, -0.2) is 38.5 Å². The second kappa shape index (κ2) is 11.5. The predicted molar refractivity (Wildman–Crippen MR) is 129 cm³/mol. The minimum Gasteiger partial charge on any atom is -0.492 e. The van der Waals surface area contributed by atoms with Gasteiger partial charge in [-0.1, -0.05) is 26.3 Å². The number of halogens is 1. The topological polar surface area (TPSA) is 114 Å². The van der Waals surface area contributed by atoms with E-state index in [1.54, 1.807) is 6.92 Å². The lowest BCUT2D eigenvalue weighted by atomic mass is 9.91. The van der Waals surface area contributed by atoms with Gasteiger partial charge in [0, 0.05) is 31.7 Å². The van der Waals surface area contributed by atoms with Crippen LogP contribution in [0.3, 0.4) is 0 Å². The van der Waals surface area contributed by atoms with E-state index in [4.69, 9.17) is 9.47 Å². The first-order chi connectivity index (χ1) is 15.9. The molecule has 2 rings (SSSR count). The van der Waals surface area contributed by atoms with Crippen LogP contribution in [0.1, 0.15) is 41.0 Å². The Hall–Kier alpha value is -2.85. The molecule has 3 N–H and O–H groups in total. The van der Waals surface area contributed by atoms with Crippen LogP contribution in [0.15, 0.2) is 47.4 Å². The number of hydrogen-bond acceptors (Lipinski definition) is 6. The Bertz CT molecular complexity index is 1090. The molecule has 0 saturated carbocycles. The molecule has 0 aliphatic rings. The number of ether oxygens (including phenoxy) is 2. The molecule has 0 aliphatic heterocycles. The summed E-state index contributed by atoms with van der Waals surface area (Å²) in [5, 5.41) is 12.3. The molecule has 0 radical (unpaired) electrons. The minimum atomic E-state index is -4.09. The van der Waals surface area contributed by atoms with Gasteiger partial charge in [-0.3, -0.25) is 9.52 Å². The maximum absolute atomic E-state index is 13.8. The second-order valence-corrected chi connectivity index (χ2v) is 10.0. The molecule has 0 saturated heterocycles. The van der Waals surface area contributed by atoms with Gasteiger partial charge in [-0.15, -0.1) is 0 Å². The molecule has 2 atom stereocenters. The summed E-state index contributed by atoms with van der Waals surface area (Å²) >= 11 is 0. The van der Waals surface area contributed by atoms with E-state index in [1.165, 1.54) is 56.3 Å². The summed E-state index contributed by atoms with van der Waals surface area (Å²) in [5.41, 5.74) is 0.524. The molecule has 0 heterocycles. The number of aliphatic hydroxyl groups excluding tert-OH is 1. The van der Waals surface area contributed by atoms with Crippen molar-refractivity contribution in [1.82, 2.24) is 0 Å². The molecule has 1 unspecified atom stereocenters. The highest BCUT2D eigenvalue weighted by Crippen LogP contribution is 2.31. The molecule has 10 heteroatoms. The zero-order chi connectivity index (χ0) is 25.5. The van der Waals surface area contributed by atoms with Crippen LogP contribution in [0.2, 0.25) is 0 Å². The van der Waals surface area contributed by atoms with Crippen molar-refractivity contribution in [3.8, 4) is 11.5 Å². The van der Waals surface area contributed by atoms with Crippen LogP contribution in [0, 0.1) is 11.8 Å². The number of amides is 1. The third-order valence-corrected chi connectivity index (χ3v) is 6.53. The molecule has 2 aromatic carbocycles. The number of anilines is 2. The van der Waals surface area contributed by atoms with Crippen LogP contribution in [0.25, 0.3) is 0 Å². The van der Waals surface area contributed by atoms with E-state index in [0.29, 0.717) is 5.69 Å². The standard InChI is InChI=1S/C24H33FN2O6S/c1-6-16(3)20(15-28)23(29)26-17-11-12-22(21(14-17)32-7-2)34(30,31)27-18-9-8-10-19(13-18)33-24(4,5)25/h8-14,16,20,27-28H,6-7,15H2,1-5H3,(H,26,29)/t16?,20-/m0/s1. The van der Waals surface area contributed by atoms with Crippen LogP contribution in [0.4, 0.5) is 15.8 Å². The van der Waals surface area contributed by atoms with E-state index >= 15 is 0 Å². The minimum absolute atomic E-state index is 0.0251. The number of sulfonamides is 1. The molecule has 2 aromatic rings. The molecule has 34 heavy (non-hydrogen) atoms. The smallest absolute Gasteiger partial charge is 0.265 e. The maximum atomic E-state index is 13.8. The van der Waals surface area contributed by atoms with Gasteiger partial charge in [0.2, 0.25) is 11.8 Å². The van der Waals surface area contributed by atoms with Gasteiger partial charge in [0.25, 0.3) is 10.0 Å². The first-order valence-electron chi connectivity index (χ1n) is 11.1. The highest BCUT2D eigenvalue weighted by Gasteiger charge is 2.25.